The van der Waals surface area contributed by atoms with Gasteiger partial charge in [0, 0.05) is 32.1 Å². The van der Waals surface area contributed by atoms with Gasteiger partial charge in [0.2, 0.25) is 5.88 Å². The van der Waals surface area contributed by atoms with Crippen molar-refractivity contribution in [1.82, 2.24) is 9.88 Å². The van der Waals surface area contributed by atoms with Gasteiger partial charge in [0.25, 0.3) is 5.91 Å². The van der Waals surface area contributed by atoms with E-state index in [0.717, 1.165) is 16.6 Å². The first-order valence-electron chi connectivity index (χ1n) is 7.56. The number of pyridine rings is 1. The standard InChI is InChI=1S/C17H15BrF2N2O2/c18-12-3-2-8-21-16(12)24-11-6-9-22(10-7-11)17(23)15-13(19)4-1-5-14(15)20/h1-5,8,11H,6-7,9-10H2. The van der Waals surface area contributed by atoms with E-state index in [2.05, 4.69) is 20.9 Å². The lowest BCUT2D eigenvalue weighted by Crippen LogP contribution is -2.42. The maximum atomic E-state index is 13.7. The number of nitrogens with zero attached hydrogens (tertiary/aromatic N) is 2. The minimum Gasteiger partial charge on any atom is -0.473 e. The third-order valence-electron chi connectivity index (χ3n) is 3.91. The summed E-state index contributed by atoms with van der Waals surface area (Å²) in [5.41, 5.74) is -0.496. The van der Waals surface area contributed by atoms with Gasteiger partial charge < -0.3 is 9.64 Å². The third kappa shape index (κ3) is 3.56. The number of halogens is 3. The molecule has 0 aliphatic carbocycles. The Hall–Kier alpha value is -2.02. The second-order valence-electron chi connectivity index (χ2n) is 5.50. The lowest BCUT2D eigenvalue weighted by molar-refractivity contribution is 0.0578. The van der Waals surface area contributed by atoms with Gasteiger partial charge >= 0.3 is 0 Å². The Morgan fingerprint density at radius 1 is 1.17 bits per heavy atom. The summed E-state index contributed by atoms with van der Waals surface area (Å²) >= 11 is 3.37. The highest BCUT2D eigenvalue weighted by atomic mass is 79.9. The number of likely N-dealkylation sites (tertiary alicyclic amines) is 1. The summed E-state index contributed by atoms with van der Waals surface area (Å²) in [7, 11) is 0. The Morgan fingerprint density at radius 2 is 1.83 bits per heavy atom. The highest BCUT2D eigenvalue weighted by Gasteiger charge is 2.28. The van der Waals surface area contributed by atoms with Crippen molar-refractivity contribution in [1.29, 1.82) is 0 Å². The molecule has 0 saturated carbocycles. The molecule has 3 rings (SSSR count). The Kier molecular flexibility index (Phi) is 5.08. The molecule has 24 heavy (non-hydrogen) atoms. The van der Waals surface area contributed by atoms with Crippen LogP contribution in [-0.4, -0.2) is 35.0 Å². The number of ether oxygens (including phenoxy) is 1. The molecule has 7 heteroatoms. The summed E-state index contributed by atoms with van der Waals surface area (Å²) < 4.78 is 34.1. The molecule has 1 amide bonds. The number of piperidine rings is 1. The van der Waals surface area contributed by atoms with Crippen molar-refractivity contribution in [3.8, 4) is 5.88 Å². The molecule has 4 nitrogen and oxygen atoms in total. The molecule has 1 saturated heterocycles. The summed E-state index contributed by atoms with van der Waals surface area (Å²) in [5.74, 6) is -1.79. The van der Waals surface area contributed by atoms with Crippen molar-refractivity contribution < 1.29 is 18.3 Å². The van der Waals surface area contributed by atoms with Gasteiger partial charge in [-0.25, -0.2) is 13.8 Å². The molecule has 0 atom stereocenters. The van der Waals surface area contributed by atoms with E-state index in [1.54, 1.807) is 12.3 Å². The normalized spacial score (nSPS) is 15.4. The van der Waals surface area contributed by atoms with E-state index in [9.17, 15) is 13.6 Å². The topological polar surface area (TPSA) is 42.4 Å². The van der Waals surface area contributed by atoms with Crippen molar-refractivity contribution in [2.75, 3.05) is 13.1 Å². The van der Waals surface area contributed by atoms with E-state index >= 15 is 0 Å². The third-order valence-corrected chi connectivity index (χ3v) is 4.51. The highest BCUT2D eigenvalue weighted by molar-refractivity contribution is 9.10. The number of amides is 1. The van der Waals surface area contributed by atoms with Gasteiger partial charge in [-0.1, -0.05) is 6.07 Å². The number of carbonyl (C=O) groups is 1. The molecule has 0 bridgehead atoms. The first-order chi connectivity index (χ1) is 11.6. The molecule has 0 spiro atoms. The SMILES string of the molecule is O=C(c1c(F)cccc1F)N1CCC(Oc2ncccc2Br)CC1. The van der Waals surface area contributed by atoms with E-state index < -0.39 is 23.1 Å². The first-order valence-corrected chi connectivity index (χ1v) is 8.36. The highest BCUT2D eigenvalue weighted by Crippen LogP contribution is 2.25. The van der Waals surface area contributed by atoms with E-state index in [-0.39, 0.29) is 6.10 Å². The lowest BCUT2D eigenvalue weighted by Gasteiger charge is -2.32. The predicted molar refractivity (Wildman–Crippen MR) is 87.8 cm³/mol. The first kappa shape index (κ1) is 16.8. The Morgan fingerprint density at radius 3 is 2.46 bits per heavy atom. The molecule has 1 aliphatic rings. The minimum atomic E-state index is -0.837. The summed E-state index contributed by atoms with van der Waals surface area (Å²) in [5, 5.41) is 0. The molecule has 0 unspecified atom stereocenters. The smallest absolute Gasteiger partial charge is 0.259 e. The zero-order chi connectivity index (χ0) is 17.1. The molecule has 0 N–H and O–H groups in total. The van der Waals surface area contributed by atoms with E-state index in [4.69, 9.17) is 4.74 Å². The Bertz CT molecular complexity index is 729. The molecule has 2 heterocycles. The fourth-order valence-electron chi connectivity index (χ4n) is 2.65. The molecule has 1 aromatic carbocycles. The van der Waals surface area contributed by atoms with E-state index in [1.807, 2.05) is 6.07 Å². The van der Waals surface area contributed by atoms with Gasteiger partial charge in [0.15, 0.2) is 0 Å². The van der Waals surface area contributed by atoms with Crippen LogP contribution in [0, 0.1) is 11.6 Å². The molecular formula is C17H15BrF2N2O2. The largest absolute Gasteiger partial charge is 0.473 e. The number of benzene rings is 1. The maximum absolute atomic E-state index is 13.7. The van der Waals surface area contributed by atoms with Crippen LogP contribution in [-0.2, 0) is 0 Å². The van der Waals surface area contributed by atoms with Gasteiger partial charge in [0.05, 0.1) is 4.47 Å². The van der Waals surface area contributed by atoms with E-state index in [1.165, 1.54) is 11.0 Å². The minimum absolute atomic E-state index is 0.0919. The molecule has 1 aliphatic heterocycles. The van der Waals surface area contributed by atoms with Gasteiger partial charge in [-0.05, 0) is 40.2 Å². The van der Waals surface area contributed by atoms with Crippen LogP contribution in [0.15, 0.2) is 41.0 Å². The maximum Gasteiger partial charge on any atom is 0.259 e. The number of hydrogen-bond donors (Lipinski definition) is 0. The zero-order valence-corrected chi connectivity index (χ0v) is 14.3. The summed E-state index contributed by atoms with van der Waals surface area (Å²) in [4.78, 5) is 17.9. The van der Waals surface area contributed by atoms with Gasteiger partial charge in [-0.3, -0.25) is 4.79 Å². The summed E-state index contributed by atoms with van der Waals surface area (Å²) in [6, 6.07) is 7.05. The fourth-order valence-corrected chi connectivity index (χ4v) is 3.00. The average Bonchev–Trinajstić information content (AvgIpc) is 2.57. The molecule has 1 aromatic heterocycles. The van der Waals surface area contributed by atoms with Crippen molar-refractivity contribution in [3.63, 3.8) is 0 Å². The van der Waals surface area contributed by atoms with Crippen molar-refractivity contribution >= 4 is 21.8 Å². The van der Waals surface area contributed by atoms with Crippen LogP contribution in [0.4, 0.5) is 8.78 Å². The Balaban J connectivity index is 1.63. The fraction of sp³-hybridized carbons (Fsp3) is 0.294. The molecule has 2 aromatic rings. The molecule has 1 fully saturated rings. The van der Waals surface area contributed by atoms with Crippen LogP contribution in [0.25, 0.3) is 0 Å². The van der Waals surface area contributed by atoms with Crippen LogP contribution in [0.3, 0.4) is 0 Å². The Labute approximate surface area is 146 Å². The van der Waals surface area contributed by atoms with Gasteiger partial charge in [-0.15, -0.1) is 0 Å². The number of aromatic nitrogens is 1. The van der Waals surface area contributed by atoms with Crippen LogP contribution in [0.2, 0.25) is 0 Å². The van der Waals surface area contributed by atoms with Crippen molar-refractivity contribution in [3.05, 3.63) is 58.2 Å². The lowest BCUT2D eigenvalue weighted by atomic mass is 10.1. The second-order valence-corrected chi connectivity index (χ2v) is 6.35. The quantitative estimate of drug-likeness (QED) is 0.791. The second kappa shape index (κ2) is 7.25. The van der Waals surface area contributed by atoms with Crippen LogP contribution in [0.5, 0.6) is 5.88 Å². The number of rotatable bonds is 3. The van der Waals surface area contributed by atoms with Gasteiger partial charge in [0.1, 0.15) is 23.3 Å². The van der Waals surface area contributed by atoms with Crippen molar-refractivity contribution in [2.24, 2.45) is 0 Å². The predicted octanol–water partition coefficient (Wildman–Crippen LogP) is 3.81. The van der Waals surface area contributed by atoms with E-state index in [0.29, 0.717) is 31.8 Å². The summed E-state index contributed by atoms with van der Waals surface area (Å²) in [6.07, 6.45) is 2.70. The number of carbonyl (C=O) groups excluding carboxylic acids is 1. The summed E-state index contributed by atoms with van der Waals surface area (Å²) in [6.45, 7) is 0.753. The van der Waals surface area contributed by atoms with Crippen LogP contribution in [0.1, 0.15) is 23.2 Å². The van der Waals surface area contributed by atoms with Crippen LogP contribution < -0.4 is 4.74 Å². The van der Waals surface area contributed by atoms with Crippen LogP contribution >= 0.6 is 15.9 Å². The molecule has 0 radical (unpaired) electrons. The average molecular weight is 397 g/mol. The monoisotopic (exact) mass is 396 g/mol. The molecule has 126 valence electrons. The number of hydrogen-bond acceptors (Lipinski definition) is 3. The van der Waals surface area contributed by atoms with Gasteiger partial charge in [-0.2, -0.15) is 0 Å². The zero-order valence-electron chi connectivity index (χ0n) is 12.7. The van der Waals surface area contributed by atoms with Crippen molar-refractivity contribution in [2.45, 2.75) is 18.9 Å². The molecular weight excluding hydrogens is 382 g/mol.